The first kappa shape index (κ1) is 21.6. The molecule has 6 heteroatoms. The average molecular weight is 413 g/mol. The maximum Gasteiger partial charge on any atom is 0.234 e. The lowest BCUT2D eigenvalue weighted by molar-refractivity contribution is -0.113. The Morgan fingerprint density at radius 1 is 1.31 bits per heavy atom. The number of aryl methyl sites for hydroxylation is 1. The number of amides is 1. The molecule has 0 unspecified atom stereocenters. The number of carbonyl (C=O) groups is 1. The van der Waals surface area contributed by atoms with Crippen molar-refractivity contribution in [3.05, 3.63) is 47.8 Å². The maximum atomic E-state index is 12.7. The summed E-state index contributed by atoms with van der Waals surface area (Å²) in [5, 5.41) is 12.8. The van der Waals surface area contributed by atoms with Crippen LogP contribution in [0.15, 0.2) is 36.0 Å². The Labute approximate surface area is 178 Å². The van der Waals surface area contributed by atoms with E-state index in [4.69, 9.17) is 0 Å². The van der Waals surface area contributed by atoms with Crippen LogP contribution in [0.25, 0.3) is 0 Å². The maximum absolute atomic E-state index is 12.7. The highest BCUT2D eigenvalue weighted by Crippen LogP contribution is 2.33. The lowest BCUT2D eigenvalue weighted by atomic mass is 9.89. The lowest BCUT2D eigenvalue weighted by Crippen LogP contribution is -2.17. The van der Waals surface area contributed by atoms with Crippen molar-refractivity contribution < 1.29 is 4.79 Å². The molecule has 0 atom stereocenters. The van der Waals surface area contributed by atoms with Crippen molar-refractivity contribution in [3.63, 3.8) is 0 Å². The predicted molar refractivity (Wildman–Crippen MR) is 121 cm³/mol. The van der Waals surface area contributed by atoms with Gasteiger partial charge >= 0.3 is 0 Å². The number of aromatic nitrogens is 3. The van der Waals surface area contributed by atoms with Gasteiger partial charge in [0, 0.05) is 18.2 Å². The zero-order valence-corrected chi connectivity index (χ0v) is 18.6. The summed E-state index contributed by atoms with van der Waals surface area (Å²) in [7, 11) is 0. The molecule has 2 aromatic rings. The highest BCUT2D eigenvalue weighted by Gasteiger charge is 2.23. The summed E-state index contributed by atoms with van der Waals surface area (Å²) < 4.78 is 2.13. The number of para-hydroxylation sites is 1. The van der Waals surface area contributed by atoms with Crippen molar-refractivity contribution in [2.24, 2.45) is 0 Å². The minimum Gasteiger partial charge on any atom is -0.325 e. The van der Waals surface area contributed by atoms with Gasteiger partial charge in [-0.1, -0.05) is 69.1 Å². The van der Waals surface area contributed by atoms with Crippen LogP contribution in [0.4, 0.5) is 5.69 Å². The first-order chi connectivity index (χ1) is 14.0. The van der Waals surface area contributed by atoms with Gasteiger partial charge in [-0.25, -0.2) is 0 Å². The van der Waals surface area contributed by atoms with Crippen LogP contribution < -0.4 is 5.32 Å². The average Bonchev–Trinajstić information content (AvgIpc) is 3.11. The van der Waals surface area contributed by atoms with Crippen LogP contribution in [0.2, 0.25) is 0 Å². The molecule has 1 aliphatic rings. The molecule has 0 saturated heterocycles. The van der Waals surface area contributed by atoms with E-state index in [-0.39, 0.29) is 5.91 Å². The molecule has 29 heavy (non-hydrogen) atoms. The molecule has 1 aliphatic carbocycles. The van der Waals surface area contributed by atoms with Gasteiger partial charge in [-0.15, -0.1) is 16.8 Å². The molecule has 1 aromatic carbocycles. The van der Waals surface area contributed by atoms with Gasteiger partial charge < -0.3 is 9.88 Å². The second-order valence-corrected chi connectivity index (χ2v) is 9.05. The zero-order valence-electron chi connectivity index (χ0n) is 17.8. The summed E-state index contributed by atoms with van der Waals surface area (Å²) in [6.45, 7) is 10.9. The fourth-order valence-electron chi connectivity index (χ4n) is 4.02. The van der Waals surface area contributed by atoms with E-state index in [9.17, 15) is 4.79 Å². The van der Waals surface area contributed by atoms with Crippen LogP contribution in [0.1, 0.15) is 74.7 Å². The first-order valence-electron chi connectivity index (χ1n) is 10.6. The molecule has 3 rings (SSSR count). The van der Waals surface area contributed by atoms with E-state index in [1.165, 1.54) is 43.9 Å². The van der Waals surface area contributed by atoms with Gasteiger partial charge in [0.1, 0.15) is 5.82 Å². The molecule has 0 spiro atoms. The Hall–Kier alpha value is -2.08. The van der Waals surface area contributed by atoms with Crippen molar-refractivity contribution in [2.45, 2.75) is 76.4 Å². The van der Waals surface area contributed by atoms with Gasteiger partial charge in [0.25, 0.3) is 0 Å². The van der Waals surface area contributed by atoms with E-state index < -0.39 is 0 Å². The van der Waals surface area contributed by atoms with Crippen molar-refractivity contribution in [2.75, 3.05) is 11.1 Å². The summed E-state index contributed by atoms with van der Waals surface area (Å²) in [6.07, 6.45) is 8.04. The van der Waals surface area contributed by atoms with Crippen molar-refractivity contribution in [1.82, 2.24) is 14.8 Å². The minimum atomic E-state index is -0.0152. The monoisotopic (exact) mass is 412 g/mol. The molecule has 1 saturated carbocycles. The van der Waals surface area contributed by atoms with Gasteiger partial charge in [0.15, 0.2) is 5.16 Å². The molecule has 5 nitrogen and oxygen atoms in total. The number of nitrogens with one attached hydrogen (secondary N) is 1. The molecule has 0 bridgehead atoms. The first-order valence-corrected chi connectivity index (χ1v) is 11.6. The number of thioether (sulfide) groups is 1. The standard InChI is InChI=1S/C23H32N4OS/c1-5-14-27-22(18-11-7-6-8-12-18)25-26-23(27)29-15-20(28)24-21-17(4)10-9-13-19(21)16(2)3/h5,9-10,13,16,18H,1,6-8,11-12,14-15H2,2-4H3,(H,24,28). The van der Waals surface area contributed by atoms with Crippen molar-refractivity contribution in [3.8, 4) is 0 Å². The fourth-order valence-corrected chi connectivity index (χ4v) is 4.77. The largest absolute Gasteiger partial charge is 0.325 e. The highest BCUT2D eigenvalue weighted by atomic mass is 32.2. The molecule has 0 aliphatic heterocycles. The van der Waals surface area contributed by atoms with Crippen LogP contribution in [-0.4, -0.2) is 26.4 Å². The summed E-state index contributed by atoms with van der Waals surface area (Å²) in [4.78, 5) is 12.7. The number of nitrogens with zero attached hydrogens (tertiary/aromatic N) is 3. The van der Waals surface area contributed by atoms with E-state index in [1.54, 1.807) is 0 Å². The number of hydrogen-bond donors (Lipinski definition) is 1. The van der Waals surface area contributed by atoms with E-state index >= 15 is 0 Å². The Bertz CT molecular complexity index is 853. The number of allylic oxidation sites excluding steroid dienone is 1. The number of carbonyl (C=O) groups excluding carboxylic acids is 1. The van der Waals surface area contributed by atoms with Crippen LogP contribution in [0.5, 0.6) is 0 Å². The van der Waals surface area contributed by atoms with Crippen LogP contribution in [-0.2, 0) is 11.3 Å². The zero-order chi connectivity index (χ0) is 20.8. The topological polar surface area (TPSA) is 59.8 Å². The molecule has 1 N–H and O–H groups in total. The third kappa shape index (κ3) is 5.30. The van der Waals surface area contributed by atoms with Crippen molar-refractivity contribution in [1.29, 1.82) is 0 Å². The number of hydrogen-bond acceptors (Lipinski definition) is 4. The smallest absolute Gasteiger partial charge is 0.234 e. The molecule has 0 radical (unpaired) electrons. The summed E-state index contributed by atoms with van der Waals surface area (Å²) in [5.41, 5.74) is 3.19. The minimum absolute atomic E-state index is 0.0152. The van der Waals surface area contributed by atoms with E-state index in [0.717, 1.165) is 27.8 Å². The Balaban J connectivity index is 1.69. The third-order valence-corrected chi connectivity index (χ3v) is 6.52. The molecule has 1 fully saturated rings. The third-order valence-electron chi connectivity index (χ3n) is 5.55. The number of anilines is 1. The second-order valence-electron chi connectivity index (χ2n) is 8.11. The summed E-state index contributed by atoms with van der Waals surface area (Å²) in [5.74, 6) is 2.17. The van der Waals surface area contributed by atoms with Crippen molar-refractivity contribution >= 4 is 23.4 Å². The molecule has 1 aromatic heterocycles. The van der Waals surface area contributed by atoms with Gasteiger partial charge in [-0.3, -0.25) is 4.79 Å². The van der Waals surface area contributed by atoms with Gasteiger partial charge in [0.2, 0.25) is 5.91 Å². The van der Waals surface area contributed by atoms with Crippen LogP contribution in [0.3, 0.4) is 0 Å². The molecule has 1 amide bonds. The highest BCUT2D eigenvalue weighted by molar-refractivity contribution is 7.99. The van der Waals surface area contributed by atoms with E-state index in [1.807, 2.05) is 25.1 Å². The molecule has 156 valence electrons. The second kappa shape index (κ2) is 10.1. The van der Waals surface area contributed by atoms with Crippen LogP contribution in [0, 0.1) is 6.92 Å². The SMILES string of the molecule is C=CCn1c(SCC(=O)Nc2c(C)cccc2C(C)C)nnc1C1CCCCC1. The predicted octanol–water partition coefficient (Wildman–Crippen LogP) is 5.67. The number of benzene rings is 1. The molecular formula is C23H32N4OS. The Kier molecular flexibility index (Phi) is 7.53. The Morgan fingerprint density at radius 3 is 2.76 bits per heavy atom. The van der Waals surface area contributed by atoms with Crippen LogP contribution >= 0.6 is 11.8 Å². The molecule has 1 heterocycles. The quantitative estimate of drug-likeness (QED) is 0.448. The number of rotatable bonds is 8. The fraction of sp³-hybridized carbons (Fsp3) is 0.522. The lowest BCUT2D eigenvalue weighted by Gasteiger charge is -2.21. The van der Waals surface area contributed by atoms with Gasteiger partial charge in [-0.2, -0.15) is 0 Å². The van der Waals surface area contributed by atoms with Gasteiger partial charge in [-0.05, 0) is 36.8 Å². The summed E-state index contributed by atoms with van der Waals surface area (Å²) >= 11 is 1.45. The van der Waals surface area contributed by atoms with E-state index in [0.29, 0.717) is 24.1 Å². The normalized spacial score (nSPS) is 14.9. The summed E-state index contributed by atoms with van der Waals surface area (Å²) in [6, 6.07) is 6.16. The Morgan fingerprint density at radius 2 is 2.07 bits per heavy atom. The van der Waals surface area contributed by atoms with E-state index in [2.05, 4.69) is 46.6 Å². The molecular weight excluding hydrogens is 380 g/mol. The van der Waals surface area contributed by atoms with Gasteiger partial charge in [0.05, 0.1) is 5.75 Å².